The monoisotopic (exact) mass is 176 g/mol. The van der Waals surface area contributed by atoms with Gasteiger partial charge in [-0.25, -0.2) is 0 Å². The number of hydrogen-bond donors (Lipinski definition) is 2. The Morgan fingerprint density at radius 1 is 1.42 bits per heavy atom. The van der Waals surface area contributed by atoms with Crippen LogP contribution >= 0.6 is 0 Å². The van der Waals surface area contributed by atoms with E-state index in [1.807, 2.05) is 0 Å². The lowest BCUT2D eigenvalue weighted by Crippen LogP contribution is -2.35. The number of hydrogen-bond acceptors (Lipinski definition) is 4. The van der Waals surface area contributed by atoms with E-state index in [1.54, 1.807) is 20.8 Å². The van der Waals surface area contributed by atoms with Crippen molar-refractivity contribution < 1.29 is 19.7 Å². The molecular formula is C8H16O4. The zero-order valence-corrected chi connectivity index (χ0v) is 7.65. The van der Waals surface area contributed by atoms with E-state index in [0.29, 0.717) is 0 Å². The molecule has 0 saturated carbocycles. The van der Waals surface area contributed by atoms with Gasteiger partial charge in [-0.3, -0.25) is 0 Å². The van der Waals surface area contributed by atoms with E-state index >= 15 is 0 Å². The van der Waals surface area contributed by atoms with E-state index in [2.05, 4.69) is 0 Å². The van der Waals surface area contributed by atoms with E-state index in [4.69, 9.17) is 14.6 Å². The van der Waals surface area contributed by atoms with Gasteiger partial charge >= 0.3 is 0 Å². The van der Waals surface area contributed by atoms with Crippen LogP contribution in [0.5, 0.6) is 0 Å². The molecule has 4 heteroatoms. The van der Waals surface area contributed by atoms with E-state index in [1.165, 1.54) is 0 Å². The lowest BCUT2D eigenvalue weighted by molar-refractivity contribution is -0.155. The summed E-state index contributed by atoms with van der Waals surface area (Å²) in [5.74, 6) is -0.699. The van der Waals surface area contributed by atoms with Crippen molar-refractivity contribution in [3.63, 3.8) is 0 Å². The van der Waals surface area contributed by atoms with Crippen LogP contribution in [0.15, 0.2) is 0 Å². The van der Waals surface area contributed by atoms with Crippen molar-refractivity contribution in [3.05, 3.63) is 0 Å². The maximum Gasteiger partial charge on any atom is 0.164 e. The van der Waals surface area contributed by atoms with Gasteiger partial charge in [-0.1, -0.05) is 0 Å². The third-order valence-corrected chi connectivity index (χ3v) is 1.88. The lowest BCUT2D eigenvalue weighted by atomic mass is 10.1. The van der Waals surface area contributed by atoms with Gasteiger partial charge in [-0.15, -0.1) is 0 Å². The van der Waals surface area contributed by atoms with Crippen molar-refractivity contribution in [2.24, 2.45) is 0 Å². The molecule has 0 aromatic heterocycles. The number of aliphatic hydroxyl groups is 2. The topological polar surface area (TPSA) is 58.9 Å². The fraction of sp³-hybridized carbons (Fsp3) is 1.00. The van der Waals surface area contributed by atoms with Gasteiger partial charge in [0.2, 0.25) is 0 Å². The normalized spacial score (nSPS) is 36.8. The first-order valence-corrected chi connectivity index (χ1v) is 4.11. The van der Waals surface area contributed by atoms with Gasteiger partial charge in [0.1, 0.15) is 12.2 Å². The molecule has 1 aliphatic heterocycles. The molecule has 1 heterocycles. The number of ether oxygens (including phenoxy) is 2. The molecule has 2 N–H and O–H groups in total. The standard InChI is InChI=1S/C8H16O4/c1-5(10)7-6(4-9)11-8(2,3)12-7/h5-7,9-10H,4H2,1-3H3/t5-,6-,7+/m1/s1. The largest absolute Gasteiger partial charge is 0.394 e. The fourth-order valence-electron chi connectivity index (χ4n) is 1.41. The Morgan fingerprint density at radius 2 is 2.00 bits per heavy atom. The average molecular weight is 176 g/mol. The molecule has 1 rings (SSSR count). The summed E-state index contributed by atoms with van der Waals surface area (Å²) in [5.41, 5.74) is 0. The molecule has 0 bridgehead atoms. The minimum atomic E-state index is -0.699. The molecule has 72 valence electrons. The molecular weight excluding hydrogens is 160 g/mol. The summed E-state index contributed by atoms with van der Waals surface area (Å²) in [6.45, 7) is 5.02. The van der Waals surface area contributed by atoms with Crippen LogP contribution in [0.2, 0.25) is 0 Å². The van der Waals surface area contributed by atoms with Crippen molar-refractivity contribution in [1.82, 2.24) is 0 Å². The van der Waals surface area contributed by atoms with Gasteiger partial charge in [0.15, 0.2) is 5.79 Å². The predicted molar refractivity (Wildman–Crippen MR) is 42.6 cm³/mol. The quantitative estimate of drug-likeness (QED) is 0.616. The zero-order valence-electron chi connectivity index (χ0n) is 7.65. The van der Waals surface area contributed by atoms with Crippen LogP contribution in [0.1, 0.15) is 20.8 Å². The molecule has 0 spiro atoms. The molecule has 1 aliphatic rings. The Kier molecular flexibility index (Phi) is 2.73. The third kappa shape index (κ3) is 1.95. The summed E-state index contributed by atoms with van der Waals surface area (Å²) in [5, 5.41) is 18.2. The molecule has 0 amide bonds. The van der Waals surface area contributed by atoms with Crippen LogP contribution in [0.25, 0.3) is 0 Å². The van der Waals surface area contributed by atoms with Crippen molar-refractivity contribution in [3.8, 4) is 0 Å². The molecule has 3 atom stereocenters. The van der Waals surface area contributed by atoms with Gasteiger partial charge in [-0.2, -0.15) is 0 Å². The molecule has 1 fully saturated rings. The van der Waals surface area contributed by atoms with Crippen LogP contribution in [0, 0.1) is 0 Å². The highest BCUT2D eigenvalue weighted by Crippen LogP contribution is 2.29. The van der Waals surface area contributed by atoms with Crippen molar-refractivity contribution >= 4 is 0 Å². The summed E-state index contributed by atoms with van der Waals surface area (Å²) < 4.78 is 10.7. The number of rotatable bonds is 2. The van der Waals surface area contributed by atoms with Gasteiger partial charge in [0.25, 0.3) is 0 Å². The molecule has 0 aromatic carbocycles. The Bertz CT molecular complexity index is 155. The van der Waals surface area contributed by atoms with E-state index < -0.39 is 24.1 Å². The second kappa shape index (κ2) is 3.30. The van der Waals surface area contributed by atoms with Crippen LogP contribution in [0.4, 0.5) is 0 Å². The van der Waals surface area contributed by atoms with Crippen LogP contribution < -0.4 is 0 Å². The Morgan fingerprint density at radius 3 is 2.33 bits per heavy atom. The molecule has 4 nitrogen and oxygen atoms in total. The van der Waals surface area contributed by atoms with E-state index in [9.17, 15) is 5.11 Å². The molecule has 12 heavy (non-hydrogen) atoms. The van der Waals surface area contributed by atoms with Crippen molar-refractivity contribution in [2.45, 2.75) is 44.9 Å². The van der Waals surface area contributed by atoms with Crippen molar-refractivity contribution in [1.29, 1.82) is 0 Å². The SMILES string of the molecule is C[C@@H](O)[C@@H]1OC(C)(C)O[C@@H]1CO. The van der Waals surface area contributed by atoms with E-state index in [0.717, 1.165) is 0 Å². The average Bonchev–Trinajstić information content (AvgIpc) is 2.25. The minimum Gasteiger partial charge on any atom is -0.394 e. The molecule has 0 unspecified atom stereocenters. The summed E-state index contributed by atoms with van der Waals surface area (Å²) in [6, 6.07) is 0. The Balaban J connectivity index is 2.63. The predicted octanol–water partition coefficient (Wildman–Crippen LogP) is -0.120. The summed E-state index contributed by atoms with van der Waals surface area (Å²) in [6.07, 6.45) is -1.46. The smallest absolute Gasteiger partial charge is 0.164 e. The minimum absolute atomic E-state index is 0.126. The van der Waals surface area contributed by atoms with Crippen LogP contribution in [-0.2, 0) is 9.47 Å². The highest BCUT2D eigenvalue weighted by molar-refractivity contribution is 4.84. The molecule has 0 aromatic rings. The first kappa shape index (κ1) is 9.92. The summed E-state index contributed by atoms with van der Waals surface area (Å²) in [4.78, 5) is 0. The molecule has 1 saturated heterocycles. The van der Waals surface area contributed by atoms with Gasteiger partial charge < -0.3 is 19.7 Å². The Hall–Kier alpha value is -0.160. The fourth-order valence-corrected chi connectivity index (χ4v) is 1.41. The lowest BCUT2D eigenvalue weighted by Gasteiger charge is -2.18. The van der Waals surface area contributed by atoms with Gasteiger partial charge in [-0.05, 0) is 20.8 Å². The first-order valence-electron chi connectivity index (χ1n) is 4.11. The third-order valence-electron chi connectivity index (χ3n) is 1.88. The molecule has 0 radical (unpaired) electrons. The summed E-state index contributed by atoms with van der Waals surface area (Å²) in [7, 11) is 0. The zero-order chi connectivity index (χ0) is 9.35. The van der Waals surface area contributed by atoms with Crippen LogP contribution in [0.3, 0.4) is 0 Å². The highest BCUT2D eigenvalue weighted by atomic mass is 16.8. The van der Waals surface area contributed by atoms with Gasteiger partial charge in [0, 0.05) is 0 Å². The van der Waals surface area contributed by atoms with E-state index in [-0.39, 0.29) is 6.61 Å². The Labute approximate surface area is 72.1 Å². The maximum atomic E-state index is 9.27. The number of aliphatic hydroxyl groups excluding tert-OH is 2. The van der Waals surface area contributed by atoms with Crippen molar-refractivity contribution in [2.75, 3.05) is 6.61 Å². The second-order valence-corrected chi connectivity index (χ2v) is 3.56. The highest BCUT2D eigenvalue weighted by Gasteiger charge is 2.42. The van der Waals surface area contributed by atoms with Crippen LogP contribution in [-0.4, -0.2) is 40.9 Å². The molecule has 0 aliphatic carbocycles. The summed E-state index contributed by atoms with van der Waals surface area (Å²) >= 11 is 0. The van der Waals surface area contributed by atoms with Gasteiger partial charge in [0.05, 0.1) is 12.7 Å². The second-order valence-electron chi connectivity index (χ2n) is 3.56. The first-order chi connectivity index (χ1) is 5.46. The maximum absolute atomic E-state index is 9.27.